The van der Waals surface area contributed by atoms with Crippen LogP contribution < -0.4 is 0 Å². The van der Waals surface area contributed by atoms with Crippen molar-refractivity contribution >= 4 is 11.9 Å². The maximum absolute atomic E-state index is 11.8. The Kier molecular flexibility index (Phi) is 16.9. The van der Waals surface area contributed by atoms with Gasteiger partial charge in [-0.1, -0.05) is 88.9 Å². The number of rotatable bonds is 13. The minimum absolute atomic E-state index is 0.120. The van der Waals surface area contributed by atoms with E-state index in [-0.39, 0.29) is 12.6 Å². The number of carbonyl (C=O) groups excluding carboxylic acids is 1. The second kappa shape index (κ2) is 18.3. The van der Waals surface area contributed by atoms with E-state index in [0.29, 0.717) is 12.0 Å². The maximum atomic E-state index is 11.8. The van der Waals surface area contributed by atoms with Crippen molar-refractivity contribution in [1.82, 2.24) is 0 Å². The van der Waals surface area contributed by atoms with Crippen molar-refractivity contribution in [3.8, 4) is 0 Å². The summed E-state index contributed by atoms with van der Waals surface area (Å²) in [4.78, 5) is 23.1. The van der Waals surface area contributed by atoms with Gasteiger partial charge in [0.15, 0.2) is 0 Å². The summed E-state index contributed by atoms with van der Waals surface area (Å²) in [7, 11) is 0. The number of unbranched alkanes of at least 4 members (excludes halogenated alkanes) is 5. The fourth-order valence-electron chi connectivity index (χ4n) is 2.53. The average Bonchev–Trinajstić information content (AvgIpc) is 2.68. The fourth-order valence-corrected chi connectivity index (χ4v) is 2.53. The fraction of sp³-hybridized carbons (Fsp3) is 0.583. The largest absolute Gasteiger partial charge is 0.481 e. The highest BCUT2D eigenvalue weighted by molar-refractivity contribution is 5.77. The second-order valence-corrected chi connectivity index (χ2v) is 6.90. The Hall–Kier alpha value is -2.10. The highest BCUT2D eigenvalue weighted by Gasteiger charge is 2.21. The first kappa shape index (κ1) is 25.9. The third-order valence-electron chi connectivity index (χ3n) is 4.05. The topological polar surface area (TPSA) is 63.6 Å². The summed E-state index contributed by atoms with van der Waals surface area (Å²) in [5.41, 5.74) is 0.647. The molecule has 28 heavy (non-hydrogen) atoms. The van der Waals surface area contributed by atoms with Crippen LogP contribution in [-0.2, 0) is 14.3 Å². The number of benzene rings is 1. The summed E-state index contributed by atoms with van der Waals surface area (Å²) in [6.07, 6.45) is 13.6. The van der Waals surface area contributed by atoms with Gasteiger partial charge in [-0.05, 0) is 31.2 Å². The minimum Gasteiger partial charge on any atom is -0.481 e. The number of hydrogen-bond acceptors (Lipinski definition) is 3. The van der Waals surface area contributed by atoms with Crippen molar-refractivity contribution in [2.45, 2.75) is 84.5 Å². The molecule has 1 rings (SSSR count). The minimum atomic E-state index is -0.981. The Bertz CT molecular complexity index is 537. The predicted octanol–water partition coefficient (Wildman–Crippen LogP) is 6.51. The lowest BCUT2D eigenvalue weighted by molar-refractivity contribution is -0.148. The van der Waals surface area contributed by atoms with Crippen molar-refractivity contribution in [1.29, 1.82) is 0 Å². The van der Waals surface area contributed by atoms with Gasteiger partial charge in [-0.25, -0.2) is 0 Å². The zero-order valence-corrected chi connectivity index (χ0v) is 17.9. The molecule has 4 nitrogen and oxygen atoms in total. The van der Waals surface area contributed by atoms with E-state index in [1.807, 2.05) is 6.07 Å². The molecule has 0 aliphatic heterocycles. The molecule has 0 fully saturated rings. The molecule has 1 N–H and O–H groups in total. The van der Waals surface area contributed by atoms with E-state index in [1.54, 1.807) is 24.3 Å². The molecule has 0 aliphatic carbocycles. The van der Waals surface area contributed by atoms with Crippen molar-refractivity contribution in [3.63, 3.8) is 0 Å². The SMILES string of the molecule is CCC.CCCCCC/C=C\CCCC(=O)OCC(C(=O)O)c1ccccc1. The van der Waals surface area contributed by atoms with Crippen molar-refractivity contribution in [2.24, 2.45) is 0 Å². The summed E-state index contributed by atoms with van der Waals surface area (Å²) in [5.74, 6) is -2.13. The number of ether oxygens (including phenoxy) is 1. The van der Waals surface area contributed by atoms with Gasteiger partial charge < -0.3 is 9.84 Å². The van der Waals surface area contributed by atoms with E-state index in [2.05, 4.69) is 32.9 Å². The predicted molar refractivity (Wildman–Crippen MR) is 115 cm³/mol. The third-order valence-corrected chi connectivity index (χ3v) is 4.05. The lowest BCUT2D eigenvalue weighted by atomic mass is 10.0. The van der Waals surface area contributed by atoms with Crippen LogP contribution in [0.3, 0.4) is 0 Å². The highest BCUT2D eigenvalue weighted by atomic mass is 16.5. The zero-order chi connectivity index (χ0) is 21.0. The summed E-state index contributed by atoms with van der Waals surface area (Å²) >= 11 is 0. The molecule has 0 amide bonds. The number of carboxylic acid groups (broad SMARTS) is 1. The van der Waals surface area contributed by atoms with E-state index in [1.165, 1.54) is 32.1 Å². The number of carbonyl (C=O) groups is 2. The smallest absolute Gasteiger partial charge is 0.314 e. The van der Waals surface area contributed by atoms with Gasteiger partial charge in [-0.3, -0.25) is 9.59 Å². The number of carboxylic acids is 1. The van der Waals surface area contributed by atoms with Crippen molar-refractivity contribution in [2.75, 3.05) is 6.61 Å². The molecule has 0 radical (unpaired) electrons. The molecule has 0 saturated carbocycles. The lowest BCUT2D eigenvalue weighted by Crippen LogP contribution is -2.20. The first-order chi connectivity index (χ1) is 13.6. The third kappa shape index (κ3) is 14.0. The molecule has 1 aromatic rings. The Morgan fingerprint density at radius 2 is 1.57 bits per heavy atom. The number of esters is 1. The zero-order valence-electron chi connectivity index (χ0n) is 17.9. The van der Waals surface area contributed by atoms with Crippen molar-refractivity contribution in [3.05, 3.63) is 48.0 Å². The van der Waals surface area contributed by atoms with Gasteiger partial charge in [0.1, 0.15) is 12.5 Å². The van der Waals surface area contributed by atoms with Crippen LogP contribution in [0.1, 0.15) is 90.0 Å². The molecule has 0 bridgehead atoms. The monoisotopic (exact) mass is 390 g/mol. The van der Waals surface area contributed by atoms with Crippen LogP contribution in [0.4, 0.5) is 0 Å². The second-order valence-electron chi connectivity index (χ2n) is 6.90. The summed E-state index contributed by atoms with van der Waals surface area (Å²) in [5, 5.41) is 9.29. The van der Waals surface area contributed by atoms with Crippen LogP contribution in [0.25, 0.3) is 0 Å². The molecule has 0 saturated heterocycles. The van der Waals surface area contributed by atoms with Gasteiger partial charge in [0.05, 0.1) is 0 Å². The molecule has 1 unspecified atom stereocenters. The van der Waals surface area contributed by atoms with Gasteiger partial charge in [0.25, 0.3) is 0 Å². The van der Waals surface area contributed by atoms with E-state index < -0.39 is 11.9 Å². The van der Waals surface area contributed by atoms with E-state index in [0.717, 1.165) is 19.3 Å². The molecule has 4 heteroatoms. The molecule has 0 spiro atoms. The van der Waals surface area contributed by atoms with E-state index in [9.17, 15) is 14.7 Å². The highest BCUT2D eigenvalue weighted by Crippen LogP contribution is 2.16. The molecule has 1 atom stereocenters. The Balaban J connectivity index is 0.00000227. The number of allylic oxidation sites excluding steroid dienone is 2. The Morgan fingerprint density at radius 1 is 0.964 bits per heavy atom. The van der Waals surface area contributed by atoms with Crippen molar-refractivity contribution < 1.29 is 19.4 Å². The van der Waals surface area contributed by atoms with Crippen LogP contribution in [0.2, 0.25) is 0 Å². The quantitative estimate of drug-likeness (QED) is 0.237. The van der Waals surface area contributed by atoms with Crippen LogP contribution in [0.5, 0.6) is 0 Å². The van der Waals surface area contributed by atoms with Crippen LogP contribution in [0.15, 0.2) is 42.5 Å². The van der Waals surface area contributed by atoms with Crippen LogP contribution in [0, 0.1) is 0 Å². The first-order valence-corrected chi connectivity index (χ1v) is 10.6. The molecular formula is C24H38O4. The first-order valence-electron chi connectivity index (χ1n) is 10.6. The van der Waals surface area contributed by atoms with Gasteiger partial charge in [-0.15, -0.1) is 0 Å². The maximum Gasteiger partial charge on any atom is 0.314 e. The molecule has 158 valence electrons. The normalized spacial score (nSPS) is 11.5. The van der Waals surface area contributed by atoms with Gasteiger partial charge in [-0.2, -0.15) is 0 Å². The van der Waals surface area contributed by atoms with E-state index >= 15 is 0 Å². The van der Waals surface area contributed by atoms with Gasteiger partial charge in [0, 0.05) is 6.42 Å². The molecule has 0 aromatic heterocycles. The van der Waals surface area contributed by atoms with E-state index in [4.69, 9.17) is 4.74 Å². The van der Waals surface area contributed by atoms with Crippen LogP contribution >= 0.6 is 0 Å². The molecular weight excluding hydrogens is 352 g/mol. The van der Waals surface area contributed by atoms with Crippen LogP contribution in [-0.4, -0.2) is 23.7 Å². The summed E-state index contributed by atoms with van der Waals surface area (Å²) in [6, 6.07) is 8.85. The average molecular weight is 391 g/mol. The number of hydrogen-bond donors (Lipinski definition) is 1. The molecule has 1 aromatic carbocycles. The molecule has 0 heterocycles. The standard InChI is InChI=1S/C21H30O4.C3H8/c1-2-3-4-5-6-7-8-9-13-16-20(22)25-17-19(21(23)24)18-14-11-10-12-15-18;1-3-2/h7-8,10-12,14-15,19H,2-6,9,13,16-17H2,1H3,(H,23,24);3H2,1-2H3/b8-7-;. The summed E-state index contributed by atoms with van der Waals surface area (Å²) in [6.45, 7) is 6.33. The molecule has 0 aliphatic rings. The van der Waals surface area contributed by atoms with Gasteiger partial charge >= 0.3 is 11.9 Å². The number of aliphatic carboxylic acids is 1. The lowest BCUT2D eigenvalue weighted by Gasteiger charge is -2.13. The summed E-state index contributed by atoms with van der Waals surface area (Å²) < 4.78 is 5.15. The Morgan fingerprint density at radius 3 is 2.14 bits per heavy atom. The Labute approximate surface area is 171 Å². The van der Waals surface area contributed by atoms with Gasteiger partial charge in [0.2, 0.25) is 0 Å².